The molecular weight excluding hydrogens is 493 g/mol. The van der Waals surface area contributed by atoms with Gasteiger partial charge in [-0.3, -0.25) is 4.79 Å². The normalized spacial score (nSPS) is 29.1. The average molecular weight is 527 g/mol. The Kier molecular flexibility index (Phi) is 7.80. The molecule has 1 amide bonds. The van der Waals surface area contributed by atoms with E-state index in [0.717, 1.165) is 30.1 Å². The summed E-state index contributed by atoms with van der Waals surface area (Å²) in [6.45, 7) is 7.31. The molecule has 186 valence electrons. The van der Waals surface area contributed by atoms with Crippen LogP contribution in [0.3, 0.4) is 0 Å². The monoisotopic (exact) mass is 525 g/mol. The minimum Gasteiger partial charge on any atom is -0.392 e. The van der Waals surface area contributed by atoms with Crippen molar-refractivity contribution in [1.29, 1.82) is 0 Å². The number of halogens is 2. The maximum atomic E-state index is 12.7. The van der Waals surface area contributed by atoms with Gasteiger partial charge in [0, 0.05) is 30.4 Å². The maximum Gasteiger partial charge on any atom is 0.223 e. The molecule has 0 saturated heterocycles. The highest BCUT2D eigenvalue weighted by Crippen LogP contribution is 2.57. The van der Waals surface area contributed by atoms with Gasteiger partial charge >= 0.3 is 0 Å². The lowest BCUT2D eigenvalue weighted by atomic mass is 9.53. The number of para-hydroxylation sites is 1. The second kappa shape index (κ2) is 10.3. The number of methoxy groups -OCH3 is 1. The number of ether oxygens (including phenoxy) is 1. The number of aliphatic hydroxyl groups excluding tert-OH is 1. The number of anilines is 2. The van der Waals surface area contributed by atoms with Gasteiger partial charge < -0.3 is 20.5 Å². The zero-order chi connectivity index (χ0) is 24.6. The predicted octanol–water partition coefficient (Wildman–Crippen LogP) is 5.65. The summed E-state index contributed by atoms with van der Waals surface area (Å²) in [4.78, 5) is 18.8. The van der Waals surface area contributed by atoms with Crippen molar-refractivity contribution in [2.75, 3.05) is 25.6 Å². The Labute approximate surface area is 215 Å². The summed E-state index contributed by atoms with van der Waals surface area (Å²) in [5.41, 5.74) is 1.64. The van der Waals surface area contributed by atoms with Crippen LogP contribution in [0.1, 0.15) is 50.1 Å². The van der Waals surface area contributed by atoms with Crippen LogP contribution in [0.4, 0.5) is 10.8 Å². The Morgan fingerprint density at radius 1 is 1.38 bits per heavy atom. The van der Waals surface area contributed by atoms with Crippen LogP contribution in [0.25, 0.3) is 0 Å². The van der Waals surface area contributed by atoms with E-state index in [1.54, 1.807) is 30.6 Å². The van der Waals surface area contributed by atoms with E-state index in [1.165, 1.54) is 4.88 Å². The molecule has 0 bridgehead atoms. The molecule has 1 fully saturated rings. The van der Waals surface area contributed by atoms with Gasteiger partial charge in [0.25, 0.3) is 0 Å². The van der Waals surface area contributed by atoms with E-state index in [1.807, 2.05) is 13.0 Å². The number of aliphatic hydroxyl groups is 1. The molecule has 1 heterocycles. The summed E-state index contributed by atoms with van der Waals surface area (Å²) < 4.78 is 5.03. The Bertz CT molecular complexity index is 1030. The van der Waals surface area contributed by atoms with Crippen LogP contribution in [0.15, 0.2) is 18.2 Å². The standard InChI is InChI=1S/C25H33Cl2N3O3S/c1-13(23(32)28-10-11-33-4)15-8-9-25(3)12-18-20(14(2)19(25)22(15)31)29-24(34-18)30-21-16(26)6-5-7-17(21)27/h5-7,13-15,19,22,31H,8-12H2,1-4H3,(H,28,32)(H,29,30)/t13-,14+,15-,19+,22-,25+/m0/s1. The third-order valence-electron chi connectivity index (χ3n) is 7.78. The van der Waals surface area contributed by atoms with Gasteiger partial charge in [-0.1, -0.05) is 50.0 Å². The summed E-state index contributed by atoms with van der Waals surface area (Å²) in [5, 5.41) is 19.6. The zero-order valence-electron chi connectivity index (χ0n) is 20.0. The van der Waals surface area contributed by atoms with E-state index in [2.05, 4.69) is 24.5 Å². The molecule has 0 spiro atoms. The summed E-state index contributed by atoms with van der Waals surface area (Å²) in [5.74, 6) is -0.260. The highest BCUT2D eigenvalue weighted by molar-refractivity contribution is 7.15. The first-order chi connectivity index (χ1) is 16.2. The number of thiazole rings is 1. The lowest BCUT2D eigenvalue weighted by Gasteiger charge is -2.53. The third-order valence-corrected chi connectivity index (χ3v) is 9.39. The van der Waals surface area contributed by atoms with Crippen molar-refractivity contribution in [2.45, 2.75) is 52.1 Å². The number of rotatable bonds is 7. The van der Waals surface area contributed by atoms with Gasteiger partial charge in [-0.25, -0.2) is 4.98 Å². The number of hydrogen-bond donors (Lipinski definition) is 3. The maximum absolute atomic E-state index is 12.7. The fourth-order valence-electron chi connectivity index (χ4n) is 5.96. The molecule has 1 aromatic carbocycles. The molecule has 1 saturated carbocycles. The number of aromatic nitrogens is 1. The molecule has 3 N–H and O–H groups in total. The van der Waals surface area contributed by atoms with Crippen LogP contribution in [-0.4, -0.2) is 42.4 Å². The Morgan fingerprint density at radius 2 is 2.09 bits per heavy atom. The Hall–Kier alpha value is -1.38. The number of benzene rings is 1. The highest BCUT2D eigenvalue weighted by atomic mass is 35.5. The second-order valence-electron chi connectivity index (χ2n) is 9.96. The fraction of sp³-hybridized carbons (Fsp3) is 0.600. The number of carbonyl (C=O) groups excluding carboxylic acids is 1. The van der Waals surface area contributed by atoms with Crippen molar-refractivity contribution in [3.8, 4) is 0 Å². The van der Waals surface area contributed by atoms with Gasteiger partial charge in [0.1, 0.15) is 0 Å². The van der Waals surface area contributed by atoms with Crippen LogP contribution in [0.2, 0.25) is 10.0 Å². The predicted molar refractivity (Wildman–Crippen MR) is 138 cm³/mol. The minimum absolute atomic E-state index is 0.0226. The second-order valence-corrected chi connectivity index (χ2v) is 11.9. The van der Waals surface area contributed by atoms with Gasteiger partial charge in [-0.2, -0.15) is 0 Å². The van der Waals surface area contributed by atoms with E-state index >= 15 is 0 Å². The lowest BCUT2D eigenvalue weighted by molar-refractivity contribution is -0.135. The zero-order valence-corrected chi connectivity index (χ0v) is 22.4. The number of hydrogen-bond acceptors (Lipinski definition) is 6. The third kappa shape index (κ3) is 4.82. The van der Waals surface area contributed by atoms with Crippen molar-refractivity contribution in [1.82, 2.24) is 10.3 Å². The molecule has 1 aromatic heterocycles. The van der Waals surface area contributed by atoms with Crippen molar-refractivity contribution < 1.29 is 14.6 Å². The lowest BCUT2D eigenvalue weighted by Crippen LogP contribution is -2.53. The topological polar surface area (TPSA) is 83.5 Å². The molecule has 9 heteroatoms. The molecule has 6 atom stereocenters. The van der Waals surface area contributed by atoms with Crippen molar-refractivity contribution in [3.05, 3.63) is 38.8 Å². The molecule has 2 aliphatic rings. The molecule has 6 nitrogen and oxygen atoms in total. The Morgan fingerprint density at radius 3 is 2.76 bits per heavy atom. The van der Waals surface area contributed by atoms with Crippen LogP contribution in [-0.2, 0) is 16.0 Å². The molecule has 2 aromatic rings. The van der Waals surface area contributed by atoms with Crippen LogP contribution in [0, 0.1) is 23.2 Å². The molecule has 4 rings (SSSR count). The number of fused-ring (bicyclic) bond motifs is 2. The molecule has 2 aliphatic carbocycles. The van der Waals surface area contributed by atoms with Gasteiger partial charge in [0.2, 0.25) is 5.91 Å². The Balaban J connectivity index is 1.55. The number of amides is 1. The van der Waals surface area contributed by atoms with Gasteiger partial charge in [0.05, 0.1) is 34.1 Å². The SMILES string of the molecule is COCCNC(=O)[C@@H](C)[C@@H]1CC[C@]2(C)Cc3sc(Nc4c(Cl)cccc4Cl)nc3[C@H](C)[C@@H]2[C@H]1O. The number of nitrogens with one attached hydrogen (secondary N) is 2. The quantitative estimate of drug-likeness (QED) is 0.407. The van der Waals surface area contributed by atoms with E-state index in [0.29, 0.717) is 28.9 Å². The molecule has 0 aliphatic heterocycles. The fourth-order valence-corrected chi connectivity index (χ4v) is 7.72. The largest absolute Gasteiger partial charge is 0.392 e. The van der Waals surface area contributed by atoms with Crippen LogP contribution < -0.4 is 10.6 Å². The number of carbonyl (C=O) groups is 1. The first-order valence-corrected chi connectivity index (χ1v) is 13.4. The highest BCUT2D eigenvalue weighted by Gasteiger charge is 2.53. The first kappa shape index (κ1) is 25.7. The van der Waals surface area contributed by atoms with Crippen LogP contribution >= 0.6 is 34.5 Å². The van der Waals surface area contributed by atoms with Gasteiger partial charge in [0.15, 0.2) is 5.13 Å². The smallest absolute Gasteiger partial charge is 0.223 e. The molecular formula is C25H33Cl2N3O3S. The summed E-state index contributed by atoms with van der Waals surface area (Å²) >= 11 is 14.3. The first-order valence-electron chi connectivity index (χ1n) is 11.8. The molecule has 0 radical (unpaired) electrons. The van der Waals surface area contributed by atoms with Crippen LogP contribution in [0.5, 0.6) is 0 Å². The van der Waals surface area contributed by atoms with Gasteiger partial charge in [-0.05, 0) is 48.6 Å². The summed E-state index contributed by atoms with van der Waals surface area (Å²) in [6, 6.07) is 5.40. The summed E-state index contributed by atoms with van der Waals surface area (Å²) in [6.07, 6.45) is 2.09. The van der Waals surface area contributed by atoms with Crippen molar-refractivity contribution >= 4 is 51.3 Å². The molecule has 34 heavy (non-hydrogen) atoms. The van der Waals surface area contributed by atoms with Crippen molar-refractivity contribution in [3.63, 3.8) is 0 Å². The van der Waals surface area contributed by atoms with Gasteiger partial charge in [-0.15, -0.1) is 11.3 Å². The van der Waals surface area contributed by atoms with E-state index < -0.39 is 6.10 Å². The van der Waals surface area contributed by atoms with Crippen molar-refractivity contribution in [2.24, 2.45) is 23.2 Å². The number of nitrogens with zero attached hydrogens (tertiary/aromatic N) is 1. The average Bonchev–Trinajstić information content (AvgIpc) is 3.18. The summed E-state index contributed by atoms with van der Waals surface area (Å²) in [7, 11) is 1.61. The van der Waals surface area contributed by atoms with E-state index in [4.69, 9.17) is 32.9 Å². The minimum atomic E-state index is -0.568. The van der Waals surface area contributed by atoms with E-state index in [9.17, 15) is 9.90 Å². The van der Waals surface area contributed by atoms with E-state index in [-0.39, 0.29) is 35.0 Å². The molecule has 0 unspecified atom stereocenters.